The maximum atomic E-state index is 12.2. The number of hydrogen-bond acceptors (Lipinski definition) is 6. The lowest BCUT2D eigenvalue weighted by Crippen LogP contribution is -2.21. The zero-order chi connectivity index (χ0) is 20.0. The molecule has 27 heavy (non-hydrogen) atoms. The third-order valence-electron chi connectivity index (χ3n) is 3.68. The van der Waals surface area contributed by atoms with Gasteiger partial charge in [0.05, 0.1) is 30.5 Å². The molecule has 7 nitrogen and oxygen atoms in total. The van der Waals surface area contributed by atoms with Crippen LogP contribution >= 0.6 is 11.6 Å². The molecule has 1 amide bonds. The molecule has 2 aromatic rings. The average molecular weight is 393 g/mol. The fraction of sp³-hybridized carbons (Fsp3) is 0.263. The van der Waals surface area contributed by atoms with Gasteiger partial charge in [0.1, 0.15) is 11.5 Å². The molecule has 0 fully saturated rings. The van der Waals surface area contributed by atoms with Crippen LogP contribution in [0.25, 0.3) is 0 Å². The van der Waals surface area contributed by atoms with E-state index in [4.69, 9.17) is 25.8 Å². The number of anilines is 2. The number of benzene rings is 2. The molecule has 0 heterocycles. The number of hydrogen-bond donors (Lipinski definition) is 1. The molecule has 0 atom stereocenters. The summed E-state index contributed by atoms with van der Waals surface area (Å²) >= 11 is 6.07. The quantitative estimate of drug-likeness (QED) is 0.729. The van der Waals surface area contributed by atoms with E-state index in [0.717, 1.165) is 5.69 Å². The van der Waals surface area contributed by atoms with E-state index in [-0.39, 0.29) is 0 Å². The number of methoxy groups -OCH3 is 2. The summed E-state index contributed by atoms with van der Waals surface area (Å²) in [4.78, 5) is 26.1. The number of nitrogens with one attached hydrogen (secondary N) is 1. The van der Waals surface area contributed by atoms with Crippen molar-refractivity contribution in [3.63, 3.8) is 0 Å². The van der Waals surface area contributed by atoms with E-state index < -0.39 is 18.5 Å². The first-order valence-corrected chi connectivity index (χ1v) is 8.39. The number of ether oxygens (including phenoxy) is 3. The van der Waals surface area contributed by atoms with Crippen molar-refractivity contribution in [2.45, 2.75) is 0 Å². The van der Waals surface area contributed by atoms with Crippen LogP contribution in [-0.2, 0) is 9.53 Å². The predicted molar refractivity (Wildman–Crippen MR) is 104 cm³/mol. The molecular weight excluding hydrogens is 372 g/mol. The van der Waals surface area contributed by atoms with Gasteiger partial charge in [0.15, 0.2) is 6.61 Å². The summed E-state index contributed by atoms with van der Waals surface area (Å²) in [5.41, 5.74) is 1.56. The van der Waals surface area contributed by atoms with E-state index in [0.29, 0.717) is 27.8 Å². The first-order chi connectivity index (χ1) is 12.8. The number of carbonyl (C=O) groups excluding carboxylic acids is 2. The van der Waals surface area contributed by atoms with E-state index in [2.05, 4.69) is 5.32 Å². The Bertz CT molecular complexity index is 839. The van der Waals surface area contributed by atoms with Crippen molar-refractivity contribution in [2.75, 3.05) is 45.1 Å². The maximum Gasteiger partial charge on any atom is 0.338 e. The number of amides is 1. The van der Waals surface area contributed by atoms with Gasteiger partial charge in [-0.15, -0.1) is 0 Å². The van der Waals surface area contributed by atoms with E-state index >= 15 is 0 Å². The van der Waals surface area contributed by atoms with Crippen molar-refractivity contribution < 1.29 is 23.8 Å². The molecule has 2 rings (SSSR count). The molecule has 0 spiro atoms. The number of rotatable bonds is 7. The fourth-order valence-electron chi connectivity index (χ4n) is 2.27. The molecule has 0 aliphatic carbocycles. The van der Waals surface area contributed by atoms with Crippen LogP contribution in [-0.4, -0.2) is 46.8 Å². The third kappa shape index (κ3) is 5.27. The van der Waals surface area contributed by atoms with Crippen molar-refractivity contribution in [3.05, 3.63) is 47.0 Å². The Morgan fingerprint density at radius 3 is 2.41 bits per heavy atom. The van der Waals surface area contributed by atoms with Crippen molar-refractivity contribution in [2.24, 2.45) is 0 Å². The Labute approximate surface area is 162 Å². The molecule has 0 saturated heterocycles. The van der Waals surface area contributed by atoms with Crippen LogP contribution in [0.3, 0.4) is 0 Å². The standard InChI is InChI=1S/C19H21ClN2O5/c1-22(2)13-7-5-6-12(8-13)19(24)27-11-18(23)21-15-9-14(20)16(25-3)10-17(15)26-4/h5-10H,11H2,1-4H3,(H,21,23). The molecule has 8 heteroatoms. The fourth-order valence-corrected chi connectivity index (χ4v) is 2.51. The second-order valence-corrected chi connectivity index (χ2v) is 6.16. The molecule has 0 unspecified atom stereocenters. The van der Waals surface area contributed by atoms with Crippen LogP contribution in [0.1, 0.15) is 10.4 Å². The average Bonchev–Trinajstić information content (AvgIpc) is 2.66. The second-order valence-electron chi connectivity index (χ2n) is 5.76. The van der Waals surface area contributed by atoms with Crippen LogP contribution < -0.4 is 19.7 Å². The predicted octanol–water partition coefficient (Wildman–Crippen LogP) is 3.22. The van der Waals surface area contributed by atoms with Crippen LogP contribution in [0.4, 0.5) is 11.4 Å². The highest BCUT2D eigenvalue weighted by atomic mass is 35.5. The number of nitrogens with zero attached hydrogens (tertiary/aromatic N) is 1. The van der Waals surface area contributed by atoms with Crippen molar-refractivity contribution in [3.8, 4) is 11.5 Å². The van der Waals surface area contributed by atoms with Gasteiger partial charge in [0.2, 0.25) is 0 Å². The molecule has 0 saturated carbocycles. The van der Waals surface area contributed by atoms with Crippen LogP contribution in [0.2, 0.25) is 5.02 Å². The molecule has 0 radical (unpaired) electrons. The SMILES string of the molecule is COc1cc(OC)c(NC(=O)COC(=O)c2cccc(N(C)C)c2)cc1Cl. The lowest BCUT2D eigenvalue weighted by atomic mass is 10.2. The van der Waals surface area contributed by atoms with Crippen LogP contribution in [0, 0.1) is 0 Å². The molecule has 0 aromatic heterocycles. The van der Waals surface area contributed by atoms with Gasteiger partial charge < -0.3 is 24.4 Å². The lowest BCUT2D eigenvalue weighted by molar-refractivity contribution is -0.119. The topological polar surface area (TPSA) is 77.1 Å². The Hall–Kier alpha value is -2.93. The smallest absolute Gasteiger partial charge is 0.338 e. The largest absolute Gasteiger partial charge is 0.495 e. The van der Waals surface area contributed by atoms with Gasteiger partial charge >= 0.3 is 5.97 Å². The monoisotopic (exact) mass is 392 g/mol. The van der Waals surface area contributed by atoms with Gasteiger partial charge in [-0.05, 0) is 24.3 Å². The van der Waals surface area contributed by atoms with E-state index in [1.165, 1.54) is 20.3 Å². The zero-order valence-electron chi connectivity index (χ0n) is 15.5. The van der Waals surface area contributed by atoms with E-state index in [9.17, 15) is 9.59 Å². The molecule has 0 bridgehead atoms. The minimum absolute atomic E-state index is 0.311. The first kappa shape index (κ1) is 20.4. The van der Waals surface area contributed by atoms with E-state index in [1.54, 1.807) is 24.3 Å². The summed E-state index contributed by atoms with van der Waals surface area (Å²) in [7, 11) is 6.66. The zero-order valence-corrected chi connectivity index (χ0v) is 16.3. The highest BCUT2D eigenvalue weighted by Gasteiger charge is 2.15. The Morgan fingerprint density at radius 1 is 1.07 bits per heavy atom. The number of halogens is 1. The highest BCUT2D eigenvalue weighted by Crippen LogP contribution is 2.35. The highest BCUT2D eigenvalue weighted by molar-refractivity contribution is 6.32. The molecular formula is C19H21ClN2O5. The van der Waals surface area contributed by atoms with Crippen molar-refractivity contribution >= 4 is 34.9 Å². The first-order valence-electron chi connectivity index (χ1n) is 8.01. The molecule has 1 N–H and O–H groups in total. The van der Waals surface area contributed by atoms with Gasteiger partial charge in [-0.3, -0.25) is 4.79 Å². The molecule has 2 aromatic carbocycles. The number of carbonyl (C=O) groups is 2. The maximum absolute atomic E-state index is 12.2. The number of esters is 1. The third-order valence-corrected chi connectivity index (χ3v) is 3.98. The lowest BCUT2D eigenvalue weighted by Gasteiger charge is -2.14. The minimum Gasteiger partial charge on any atom is -0.495 e. The van der Waals surface area contributed by atoms with Gasteiger partial charge in [-0.2, -0.15) is 0 Å². The molecule has 0 aliphatic rings. The Morgan fingerprint density at radius 2 is 1.78 bits per heavy atom. The summed E-state index contributed by atoms with van der Waals surface area (Å²) in [6.07, 6.45) is 0. The summed E-state index contributed by atoms with van der Waals surface area (Å²) in [5.74, 6) is -0.325. The minimum atomic E-state index is -0.589. The van der Waals surface area contributed by atoms with Gasteiger partial charge in [-0.25, -0.2) is 4.79 Å². The van der Waals surface area contributed by atoms with Crippen molar-refractivity contribution in [1.29, 1.82) is 0 Å². The van der Waals surface area contributed by atoms with Crippen LogP contribution in [0.15, 0.2) is 36.4 Å². The Kier molecular flexibility index (Phi) is 6.90. The second kappa shape index (κ2) is 9.14. The van der Waals surface area contributed by atoms with Gasteiger partial charge in [-0.1, -0.05) is 17.7 Å². The van der Waals surface area contributed by atoms with Gasteiger partial charge in [0, 0.05) is 25.8 Å². The van der Waals surface area contributed by atoms with Crippen LogP contribution in [0.5, 0.6) is 11.5 Å². The summed E-state index contributed by atoms with van der Waals surface area (Å²) in [5, 5.41) is 2.91. The summed E-state index contributed by atoms with van der Waals surface area (Å²) in [6.45, 7) is -0.447. The summed E-state index contributed by atoms with van der Waals surface area (Å²) in [6, 6.07) is 9.97. The van der Waals surface area contributed by atoms with Crippen molar-refractivity contribution in [1.82, 2.24) is 0 Å². The van der Waals surface area contributed by atoms with E-state index in [1.807, 2.05) is 25.1 Å². The summed E-state index contributed by atoms with van der Waals surface area (Å²) < 4.78 is 15.4. The molecule has 0 aliphatic heterocycles. The van der Waals surface area contributed by atoms with Gasteiger partial charge in [0.25, 0.3) is 5.91 Å². The molecule has 144 valence electrons. The Balaban J connectivity index is 2.01. The normalized spacial score (nSPS) is 10.1.